The van der Waals surface area contributed by atoms with E-state index < -0.39 is 95.6 Å². The van der Waals surface area contributed by atoms with Crippen molar-refractivity contribution < 1.29 is 76.8 Å². The standard InChI is InChI=1S/C32H49N5O8.C32H48N4O8.CH4/c1-18-14-22-28(34-12-13-37(5)6)24(38)17-23(29(22)39)35-31(40)19(2)10-9-11-25(43-7)30(45-32(33)41)21(4)16-20(3)27(36-42)26(15-18)44-8;1-18-14-22-27(34-12-13-36(5)6)24(37)17-23(29(22)39)35-31(40)19(2)10-9-11-25(42-7)30(44-32(33)41)21(4)16-20(3)28(38)26(15-18)43-8;/h10,16-18,20,25-26,30,34,42H,9,11-15H2,1-8H3,(H2,33,41)(H,35,40);10,16-18,20,25-26,30,34H,9,11-15H2,1-8H3,(H2,33,41)(H,35,40);1H4/b19-10+,21-16+,36-27+;19-10+,21-16+;/t2*18-,20+,25+,26+,30+;/m11./s1. The maximum absolute atomic E-state index is 13.7. The number of oxime groups is 1. The van der Waals surface area contributed by atoms with E-state index in [1.165, 1.54) is 28.4 Å². The van der Waals surface area contributed by atoms with Crippen LogP contribution in [0.3, 0.4) is 0 Å². The number of nitrogens with zero attached hydrogens (tertiary/aromatic N) is 3. The summed E-state index contributed by atoms with van der Waals surface area (Å²) in [5.41, 5.74) is 13.6. The van der Waals surface area contributed by atoms with Gasteiger partial charge >= 0.3 is 12.2 Å². The van der Waals surface area contributed by atoms with E-state index in [-0.39, 0.29) is 78.2 Å². The van der Waals surface area contributed by atoms with E-state index in [2.05, 4.69) is 26.4 Å². The van der Waals surface area contributed by atoms with Crippen molar-refractivity contribution >= 4 is 58.6 Å². The highest BCUT2D eigenvalue weighted by molar-refractivity contribution is 6.24. The Balaban J connectivity index is 0.000000607. The number of likely N-dealkylation sites (N-methyl/N-ethyl adjacent to an activating group) is 2. The van der Waals surface area contributed by atoms with Crippen LogP contribution in [0.15, 0.2) is 97.8 Å². The Morgan fingerprint density at radius 2 is 0.989 bits per heavy atom. The highest BCUT2D eigenvalue weighted by Crippen LogP contribution is 2.31. The smallest absolute Gasteiger partial charge is 0.405 e. The Morgan fingerprint density at radius 3 is 1.33 bits per heavy atom. The Morgan fingerprint density at radius 1 is 0.611 bits per heavy atom. The lowest BCUT2D eigenvalue weighted by molar-refractivity contribution is -0.132. The number of rotatable bonds is 14. The summed E-state index contributed by atoms with van der Waals surface area (Å²) < 4.78 is 33.5. The van der Waals surface area contributed by atoms with Crippen molar-refractivity contribution in [2.75, 3.05) is 82.8 Å². The molecule has 0 aromatic heterocycles. The normalized spacial score (nSPS) is 28.9. The number of hydrogen-bond acceptors (Lipinski definition) is 21. The molecule has 2 aliphatic carbocycles. The fourth-order valence-electron chi connectivity index (χ4n) is 10.8. The molecule has 0 spiro atoms. The number of ether oxygens (including phenoxy) is 6. The van der Waals surface area contributed by atoms with E-state index in [4.69, 9.17) is 39.9 Å². The fraction of sp³-hybridized carbons (Fsp3) is 0.600. The molecule has 10 atom stereocenters. The monoisotopic (exact) mass is 1260 g/mol. The Hall–Kier alpha value is -7.42. The molecule has 4 bridgehead atoms. The Kier molecular flexibility index (Phi) is 33.5. The Labute approximate surface area is 531 Å². The third-order valence-electron chi connectivity index (χ3n) is 15.7. The first-order valence-corrected chi connectivity index (χ1v) is 29.9. The molecule has 0 saturated heterocycles. The van der Waals surface area contributed by atoms with E-state index in [0.29, 0.717) is 86.3 Å². The quantitative estimate of drug-likeness (QED) is 0.0482. The zero-order valence-electron chi connectivity index (χ0n) is 54.8. The summed E-state index contributed by atoms with van der Waals surface area (Å²) in [6.45, 7) is 16.2. The van der Waals surface area contributed by atoms with Crippen molar-refractivity contribution in [1.29, 1.82) is 0 Å². The van der Waals surface area contributed by atoms with Crippen molar-refractivity contribution in [3.63, 3.8) is 0 Å². The number of ketones is 5. The summed E-state index contributed by atoms with van der Waals surface area (Å²) in [7, 11) is 13.5. The molecule has 0 fully saturated rings. The number of methoxy groups -OCH3 is 4. The third kappa shape index (κ3) is 23.8. The van der Waals surface area contributed by atoms with Crippen molar-refractivity contribution in [2.45, 2.75) is 151 Å². The van der Waals surface area contributed by atoms with Crippen LogP contribution < -0.4 is 32.7 Å². The zero-order chi connectivity index (χ0) is 67.0. The third-order valence-corrected chi connectivity index (χ3v) is 15.7. The number of amides is 4. The fourth-order valence-corrected chi connectivity index (χ4v) is 10.8. The number of nitrogens with one attached hydrogen (secondary N) is 4. The summed E-state index contributed by atoms with van der Waals surface area (Å²) in [6, 6.07) is 0. The molecule has 0 saturated carbocycles. The van der Waals surface area contributed by atoms with Gasteiger partial charge in [0, 0.05) is 101 Å². The molecular formula is C65H101N9O16. The van der Waals surface area contributed by atoms with E-state index in [0.717, 1.165) is 12.2 Å². The summed E-state index contributed by atoms with van der Waals surface area (Å²) in [5, 5.41) is 25.1. The number of fused-ring (bicyclic) bond motifs is 4. The minimum absolute atomic E-state index is 0. The van der Waals surface area contributed by atoms with Crippen LogP contribution in [0.4, 0.5) is 9.59 Å². The molecule has 0 radical (unpaired) electrons. The number of hydrogen-bond donors (Lipinski definition) is 7. The van der Waals surface area contributed by atoms with Crippen molar-refractivity contribution in [3.05, 3.63) is 92.7 Å². The van der Waals surface area contributed by atoms with Crippen LogP contribution >= 0.6 is 0 Å². The maximum Gasteiger partial charge on any atom is 0.405 e. The second kappa shape index (κ2) is 38.3. The van der Waals surface area contributed by atoms with Crippen LogP contribution in [0.5, 0.6) is 0 Å². The van der Waals surface area contributed by atoms with E-state index in [1.54, 1.807) is 58.9 Å². The van der Waals surface area contributed by atoms with Gasteiger partial charge in [0.1, 0.15) is 6.10 Å². The molecule has 0 unspecified atom stereocenters. The average molecular weight is 1260 g/mol. The molecule has 4 amide bonds. The summed E-state index contributed by atoms with van der Waals surface area (Å²) in [5.74, 6) is -4.50. The van der Waals surface area contributed by atoms with Gasteiger partial charge in [-0.1, -0.05) is 64.6 Å². The maximum atomic E-state index is 13.7. The molecule has 0 aromatic rings. The molecule has 25 nitrogen and oxygen atoms in total. The van der Waals surface area contributed by atoms with Gasteiger partial charge in [0.05, 0.1) is 46.8 Å². The highest BCUT2D eigenvalue weighted by atomic mass is 16.6. The zero-order valence-corrected chi connectivity index (χ0v) is 54.8. The first-order valence-electron chi connectivity index (χ1n) is 29.9. The van der Waals surface area contributed by atoms with Gasteiger partial charge in [0.2, 0.25) is 23.1 Å². The number of nitrogens with two attached hydrogens (primary N) is 2. The number of primary amides is 2. The van der Waals surface area contributed by atoms with Gasteiger partial charge in [-0.3, -0.25) is 33.6 Å². The van der Waals surface area contributed by atoms with E-state index >= 15 is 0 Å². The van der Waals surface area contributed by atoms with Gasteiger partial charge < -0.3 is 76.2 Å². The van der Waals surface area contributed by atoms with E-state index in [9.17, 15) is 48.4 Å². The molecule has 2 heterocycles. The van der Waals surface area contributed by atoms with Crippen LogP contribution in [0.1, 0.15) is 114 Å². The van der Waals surface area contributed by atoms with Crippen LogP contribution in [0.25, 0.3) is 0 Å². The minimum Gasteiger partial charge on any atom is -0.439 e. The number of carbonyl (C=O) groups is 9. The molecule has 502 valence electrons. The largest absolute Gasteiger partial charge is 0.439 e. The molecule has 9 N–H and O–H groups in total. The molecule has 90 heavy (non-hydrogen) atoms. The highest BCUT2D eigenvalue weighted by Gasteiger charge is 2.36. The number of carbonyl (C=O) groups excluding carboxylic acids is 9. The lowest BCUT2D eigenvalue weighted by Crippen LogP contribution is -2.38. The first-order chi connectivity index (χ1) is 41.9. The van der Waals surface area contributed by atoms with E-state index in [1.807, 2.05) is 58.8 Å². The molecule has 4 aliphatic rings. The molecule has 25 heteroatoms. The summed E-state index contributed by atoms with van der Waals surface area (Å²) in [4.78, 5) is 121. The minimum atomic E-state index is -0.986. The predicted molar refractivity (Wildman–Crippen MR) is 341 cm³/mol. The van der Waals surface area contributed by atoms with Crippen LogP contribution in [0, 0.1) is 23.7 Å². The van der Waals surface area contributed by atoms with Crippen molar-refractivity contribution in [3.8, 4) is 0 Å². The molecular weight excluding hydrogens is 1160 g/mol. The molecule has 0 aromatic carbocycles. The predicted octanol–water partition coefficient (Wildman–Crippen LogP) is 5.59. The van der Waals surface area contributed by atoms with Gasteiger partial charge in [-0.15, -0.1) is 0 Å². The molecule has 2 aliphatic heterocycles. The van der Waals surface area contributed by atoms with Crippen LogP contribution in [-0.4, -0.2) is 193 Å². The average Bonchev–Trinajstić information content (AvgIpc) is 0.951. The lowest BCUT2D eigenvalue weighted by atomic mass is 9.85. The first kappa shape index (κ1) is 78.7. The summed E-state index contributed by atoms with van der Waals surface area (Å²) >= 11 is 0. The van der Waals surface area contributed by atoms with Gasteiger partial charge in [-0.2, -0.15) is 0 Å². The second-order valence-corrected chi connectivity index (χ2v) is 23.6. The topological polar surface area (TPSA) is 348 Å². The van der Waals surface area contributed by atoms with Crippen molar-refractivity contribution in [1.82, 2.24) is 31.1 Å². The van der Waals surface area contributed by atoms with Crippen LogP contribution in [-0.2, 0) is 62.0 Å². The number of allylic oxidation sites excluding steroid dienone is 8. The molecule has 4 rings (SSSR count). The van der Waals surface area contributed by atoms with Gasteiger partial charge in [0.15, 0.2) is 18.0 Å². The number of Topliss-reactive ketones (excluding diaryl/α,β-unsaturated/α-hetero) is 3. The lowest BCUT2D eigenvalue weighted by Gasteiger charge is -2.28. The van der Waals surface area contributed by atoms with Gasteiger partial charge in [-0.25, -0.2) is 9.59 Å². The van der Waals surface area contributed by atoms with Gasteiger partial charge in [0.25, 0.3) is 11.8 Å². The van der Waals surface area contributed by atoms with Crippen LogP contribution in [0.2, 0.25) is 0 Å². The van der Waals surface area contributed by atoms with Crippen molar-refractivity contribution in [2.24, 2.45) is 40.3 Å². The second-order valence-electron chi connectivity index (χ2n) is 23.6. The van der Waals surface area contributed by atoms with Gasteiger partial charge in [-0.05, 0) is 130 Å². The SMILES string of the molecule is C.CO[C@H]1C[C@H](C)CC2=C(NCCN(C)C)C(=O)C=C(NC(=O)/C(C)=C/CC[C@H](OC)[C@@H](OC(N)=O)/C(C)=C/[C@H](C)/C1=N\O)C2=O.CO[C@H]1C[C@H](C)CC2=C(NCCN(C)C)C(=O)C=C(NC(=O)/C(C)=C/CC[C@H](OC)[C@@H](OC(N)=O)/C(C)=C/[C@H](C)C1=O)C2=O. The summed E-state index contributed by atoms with van der Waals surface area (Å²) in [6.07, 6.45) is 5.20. The Bertz CT molecular complexity index is 2880.